The molecule has 2 unspecified atom stereocenters. The van der Waals surface area contributed by atoms with E-state index in [9.17, 15) is 0 Å². The molecular weight excluding hydrogens is 284 g/mol. The van der Waals surface area contributed by atoms with Gasteiger partial charge in [-0.05, 0) is 55.4 Å². The zero-order valence-electron chi connectivity index (χ0n) is 14.9. The quantitative estimate of drug-likeness (QED) is 0.477. The van der Waals surface area contributed by atoms with E-state index in [0.29, 0.717) is 5.92 Å². The fraction of sp³-hybridized carbons (Fsp3) is 0.810. The van der Waals surface area contributed by atoms with Gasteiger partial charge in [0.1, 0.15) is 0 Å². The zero-order chi connectivity index (χ0) is 16.3. The predicted octanol–water partition coefficient (Wildman–Crippen LogP) is 4.70. The van der Waals surface area contributed by atoms with Crippen molar-refractivity contribution in [3.8, 4) is 12.3 Å². The van der Waals surface area contributed by atoms with E-state index in [1.165, 1.54) is 25.7 Å². The zero-order valence-corrected chi connectivity index (χ0v) is 14.9. The summed E-state index contributed by atoms with van der Waals surface area (Å²) in [4.78, 5) is 0. The van der Waals surface area contributed by atoms with Gasteiger partial charge in [-0.15, -0.1) is 6.42 Å². The van der Waals surface area contributed by atoms with E-state index >= 15 is 0 Å². The van der Waals surface area contributed by atoms with E-state index in [0.717, 1.165) is 32.5 Å². The van der Waals surface area contributed by atoms with Crippen LogP contribution in [0, 0.1) is 34.5 Å². The van der Waals surface area contributed by atoms with Gasteiger partial charge in [0, 0.05) is 11.8 Å². The molecule has 2 saturated carbocycles. The Morgan fingerprint density at radius 1 is 1.09 bits per heavy atom. The summed E-state index contributed by atoms with van der Waals surface area (Å²) in [5, 5.41) is 0. The molecule has 126 valence electrons. The maximum Gasteiger partial charge on any atom is 0.173 e. The molecule has 0 aromatic rings. The second kappa shape index (κ2) is 4.87. The topological polar surface area (TPSA) is 18.5 Å². The molecular formula is C21H30O2. The first-order chi connectivity index (χ1) is 10.9. The second-order valence-corrected chi connectivity index (χ2v) is 8.92. The van der Waals surface area contributed by atoms with Crippen LogP contribution in [0.15, 0.2) is 11.6 Å². The van der Waals surface area contributed by atoms with Gasteiger partial charge in [-0.1, -0.05) is 32.8 Å². The third kappa shape index (κ3) is 1.84. The molecule has 1 aliphatic heterocycles. The summed E-state index contributed by atoms with van der Waals surface area (Å²) in [7, 11) is 0. The molecule has 0 radical (unpaired) electrons. The van der Waals surface area contributed by atoms with Gasteiger partial charge in [0.15, 0.2) is 5.79 Å². The summed E-state index contributed by atoms with van der Waals surface area (Å²) in [6.45, 7) is 8.69. The monoisotopic (exact) mass is 314 g/mol. The van der Waals surface area contributed by atoms with Crippen molar-refractivity contribution in [1.29, 1.82) is 0 Å². The molecule has 4 rings (SSSR count). The number of fused-ring (bicyclic) bond motifs is 3. The number of rotatable bonds is 0. The Morgan fingerprint density at radius 2 is 1.83 bits per heavy atom. The van der Waals surface area contributed by atoms with Crippen LogP contribution < -0.4 is 0 Å². The van der Waals surface area contributed by atoms with Crippen LogP contribution in [-0.4, -0.2) is 19.0 Å². The minimum absolute atomic E-state index is 0.0234. The van der Waals surface area contributed by atoms with E-state index in [1.54, 1.807) is 5.57 Å². The summed E-state index contributed by atoms with van der Waals surface area (Å²) in [6.07, 6.45) is 16.6. The van der Waals surface area contributed by atoms with E-state index in [4.69, 9.17) is 15.9 Å². The van der Waals surface area contributed by atoms with Crippen molar-refractivity contribution < 1.29 is 9.47 Å². The first kappa shape index (κ1) is 15.7. The summed E-state index contributed by atoms with van der Waals surface area (Å²) >= 11 is 0. The fourth-order valence-corrected chi connectivity index (χ4v) is 6.59. The average Bonchev–Trinajstić information content (AvgIpc) is 3.03. The second-order valence-electron chi connectivity index (χ2n) is 8.92. The van der Waals surface area contributed by atoms with Crippen LogP contribution in [0.1, 0.15) is 65.7 Å². The van der Waals surface area contributed by atoms with Crippen LogP contribution in [-0.2, 0) is 9.47 Å². The van der Waals surface area contributed by atoms with Crippen LogP contribution in [0.25, 0.3) is 0 Å². The molecule has 3 atom stereocenters. The fourth-order valence-electron chi connectivity index (χ4n) is 6.59. The van der Waals surface area contributed by atoms with Crippen LogP contribution in [0.2, 0.25) is 0 Å². The highest BCUT2D eigenvalue weighted by Crippen LogP contribution is 2.68. The molecule has 0 aromatic carbocycles. The Balaban J connectivity index is 1.78. The molecule has 1 saturated heterocycles. The number of ether oxygens (including phenoxy) is 2. The lowest BCUT2D eigenvalue weighted by Crippen LogP contribution is -2.61. The van der Waals surface area contributed by atoms with E-state index < -0.39 is 0 Å². The molecule has 3 fully saturated rings. The van der Waals surface area contributed by atoms with Gasteiger partial charge in [0.25, 0.3) is 0 Å². The Kier molecular flexibility index (Phi) is 3.33. The number of hydrogen-bond acceptors (Lipinski definition) is 2. The molecule has 1 heterocycles. The summed E-state index contributed by atoms with van der Waals surface area (Å²) in [6, 6.07) is 0. The molecule has 0 amide bonds. The Morgan fingerprint density at radius 3 is 2.52 bits per heavy atom. The SMILES string of the molecule is C#CC12CCCC=C1[C@@]1(C)CCC3(OCCO3)C(C)(C)C1CC2. The Labute approximate surface area is 141 Å². The van der Waals surface area contributed by atoms with Gasteiger partial charge in [0.05, 0.1) is 18.6 Å². The van der Waals surface area contributed by atoms with Crippen molar-refractivity contribution in [3.05, 3.63) is 11.6 Å². The normalized spacial score (nSPS) is 44.1. The number of hydrogen-bond donors (Lipinski definition) is 0. The van der Waals surface area contributed by atoms with E-state index in [1.807, 2.05) is 0 Å². The van der Waals surface area contributed by atoms with Crippen molar-refractivity contribution in [3.63, 3.8) is 0 Å². The number of allylic oxidation sites excluding steroid dienone is 2. The Bertz CT molecular complexity index is 575. The van der Waals surface area contributed by atoms with Crippen LogP contribution in [0.5, 0.6) is 0 Å². The average molecular weight is 314 g/mol. The first-order valence-electron chi connectivity index (χ1n) is 9.37. The summed E-state index contributed by atoms with van der Waals surface area (Å²) in [5.74, 6) is 3.44. The van der Waals surface area contributed by atoms with Crippen molar-refractivity contribution in [2.24, 2.45) is 22.2 Å². The summed E-state index contributed by atoms with van der Waals surface area (Å²) in [5.41, 5.74) is 1.84. The predicted molar refractivity (Wildman–Crippen MR) is 91.7 cm³/mol. The van der Waals surface area contributed by atoms with Crippen molar-refractivity contribution in [2.75, 3.05) is 13.2 Å². The maximum absolute atomic E-state index is 6.20. The van der Waals surface area contributed by atoms with Crippen LogP contribution in [0.3, 0.4) is 0 Å². The van der Waals surface area contributed by atoms with Crippen molar-refractivity contribution in [2.45, 2.75) is 71.5 Å². The van der Waals surface area contributed by atoms with Gasteiger partial charge < -0.3 is 9.47 Å². The van der Waals surface area contributed by atoms with Gasteiger partial charge >= 0.3 is 0 Å². The molecule has 23 heavy (non-hydrogen) atoms. The third-order valence-corrected chi connectivity index (χ3v) is 7.77. The number of terminal acetylenes is 1. The Hall–Kier alpha value is -0.780. The molecule has 1 spiro atoms. The van der Waals surface area contributed by atoms with Crippen molar-refractivity contribution in [1.82, 2.24) is 0 Å². The van der Waals surface area contributed by atoms with Gasteiger partial charge in [-0.2, -0.15) is 0 Å². The van der Waals surface area contributed by atoms with E-state index in [-0.39, 0.29) is 22.0 Å². The van der Waals surface area contributed by atoms with Crippen molar-refractivity contribution >= 4 is 0 Å². The largest absolute Gasteiger partial charge is 0.347 e. The minimum atomic E-state index is -0.372. The van der Waals surface area contributed by atoms with E-state index in [2.05, 4.69) is 32.8 Å². The van der Waals surface area contributed by atoms with Crippen LogP contribution in [0.4, 0.5) is 0 Å². The summed E-state index contributed by atoms with van der Waals surface area (Å²) < 4.78 is 12.4. The molecule has 4 aliphatic rings. The smallest absolute Gasteiger partial charge is 0.173 e. The highest BCUT2D eigenvalue weighted by molar-refractivity contribution is 5.38. The molecule has 2 nitrogen and oxygen atoms in total. The van der Waals surface area contributed by atoms with Crippen LogP contribution >= 0.6 is 0 Å². The first-order valence-corrected chi connectivity index (χ1v) is 9.37. The molecule has 2 heteroatoms. The van der Waals surface area contributed by atoms with Gasteiger partial charge in [-0.25, -0.2) is 0 Å². The standard InChI is InChI=1S/C21H30O2/c1-5-20-10-7-6-8-17(20)19(4)12-13-21(22-14-15-23-21)18(2,3)16(19)9-11-20/h1,8,16H,6-7,9-15H2,2-4H3/t16?,19-,20?/m0/s1. The minimum Gasteiger partial charge on any atom is -0.347 e. The van der Waals surface area contributed by atoms with Gasteiger partial charge in [-0.3, -0.25) is 0 Å². The molecule has 0 bridgehead atoms. The lowest BCUT2D eigenvalue weighted by molar-refractivity contribution is -0.284. The maximum atomic E-state index is 6.20. The highest BCUT2D eigenvalue weighted by atomic mass is 16.7. The van der Waals surface area contributed by atoms with Gasteiger partial charge in [0.2, 0.25) is 0 Å². The molecule has 3 aliphatic carbocycles. The molecule has 0 aromatic heterocycles. The lowest BCUT2D eigenvalue weighted by Gasteiger charge is -2.64. The third-order valence-electron chi connectivity index (χ3n) is 7.77. The lowest BCUT2D eigenvalue weighted by atomic mass is 9.43. The molecule has 0 N–H and O–H groups in total. The highest BCUT2D eigenvalue weighted by Gasteiger charge is 2.65.